The fraction of sp³-hybridized carbons (Fsp3) is 0.538. The molecule has 0 heterocycles. The van der Waals surface area contributed by atoms with E-state index in [9.17, 15) is 13.2 Å². The number of halogens is 3. The Balaban J connectivity index is 3.08. The summed E-state index contributed by atoms with van der Waals surface area (Å²) in [6, 6.07) is 4.40. The van der Waals surface area contributed by atoms with Gasteiger partial charge >= 0.3 is 6.18 Å². The molecule has 0 aliphatic rings. The Bertz CT molecular complexity index is 419. The maximum Gasteiger partial charge on any atom is 0.405 e. The summed E-state index contributed by atoms with van der Waals surface area (Å²) in [6.45, 7) is 4.63. The van der Waals surface area contributed by atoms with Crippen LogP contribution in [0, 0.1) is 0 Å². The maximum atomic E-state index is 12.6. The predicted octanol–water partition coefficient (Wildman–Crippen LogP) is 3.44. The number of nitrogens with zero attached hydrogens (tertiary/aromatic N) is 1. The molecule has 0 aliphatic heterocycles. The highest BCUT2D eigenvalue weighted by molar-refractivity contribution is 5.61. The minimum atomic E-state index is -4.26. The minimum absolute atomic E-state index is 0.294. The average molecular weight is 276 g/mol. The van der Waals surface area contributed by atoms with Crippen molar-refractivity contribution in [3.05, 3.63) is 18.2 Å². The first-order valence-electron chi connectivity index (χ1n) is 6.09. The van der Waals surface area contributed by atoms with Gasteiger partial charge in [-0.3, -0.25) is 0 Å². The van der Waals surface area contributed by atoms with E-state index in [0.717, 1.165) is 0 Å². The van der Waals surface area contributed by atoms with Crippen LogP contribution in [0.1, 0.15) is 20.8 Å². The highest BCUT2D eigenvalue weighted by Gasteiger charge is 2.32. The summed E-state index contributed by atoms with van der Waals surface area (Å²) in [5.41, 5.74) is 6.50. The van der Waals surface area contributed by atoms with E-state index in [1.165, 1.54) is 11.0 Å². The summed E-state index contributed by atoms with van der Waals surface area (Å²) in [5, 5.41) is 0. The predicted molar refractivity (Wildman–Crippen MR) is 70.6 cm³/mol. The SMILES string of the molecule is CCOc1cc(N)cc(N(CC(F)(F)F)C(C)C)c1. The number of benzene rings is 1. The quantitative estimate of drug-likeness (QED) is 0.837. The standard InChI is InChI=1S/C13H19F3N2O/c1-4-19-12-6-10(17)5-11(7-12)18(9(2)3)8-13(14,15)16/h5-7,9H,4,8,17H2,1-3H3. The molecule has 0 amide bonds. The Labute approximate surface area is 111 Å². The van der Waals surface area contributed by atoms with Gasteiger partial charge in [-0.1, -0.05) is 0 Å². The van der Waals surface area contributed by atoms with Crippen LogP contribution in [0.2, 0.25) is 0 Å². The molecule has 0 atom stereocenters. The van der Waals surface area contributed by atoms with Gasteiger partial charge in [0.15, 0.2) is 0 Å². The number of hydrogen-bond acceptors (Lipinski definition) is 3. The summed E-state index contributed by atoms with van der Waals surface area (Å²) in [5.74, 6) is 0.477. The molecular weight excluding hydrogens is 257 g/mol. The number of rotatable bonds is 5. The molecule has 1 aromatic rings. The van der Waals surface area contributed by atoms with E-state index < -0.39 is 12.7 Å². The molecule has 0 bridgehead atoms. The van der Waals surface area contributed by atoms with Gasteiger partial charge in [-0.15, -0.1) is 0 Å². The molecule has 19 heavy (non-hydrogen) atoms. The third kappa shape index (κ3) is 4.89. The molecule has 1 rings (SSSR count). The van der Waals surface area contributed by atoms with E-state index in [2.05, 4.69) is 0 Å². The molecule has 0 radical (unpaired) electrons. The normalized spacial score (nSPS) is 11.7. The largest absolute Gasteiger partial charge is 0.494 e. The molecule has 2 N–H and O–H groups in total. The Kier molecular flexibility index (Phi) is 4.91. The first-order valence-corrected chi connectivity index (χ1v) is 6.09. The number of ether oxygens (including phenoxy) is 1. The molecule has 0 unspecified atom stereocenters. The van der Waals surface area contributed by atoms with Crippen molar-refractivity contribution in [1.82, 2.24) is 0 Å². The van der Waals surface area contributed by atoms with Crippen molar-refractivity contribution in [2.75, 3.05) is 23.8 Å². The van der Waals surface area contributed by atoms with Crippen molar-refractivity contribution in [3.63, 3.8) is 0 Å². The zero-order valence-corrected chi connectivity index (χ0v) is 11.3. The third-order valence-corrected chi connectivity index (χ3v) is 2.53. The van der Waals surface area contributed by atoms with E-state index in [-0.39, 0.29) is 6.04 Å². The van der Waals surface area contributed by atoms with Gasteiger partial charge in [0.25, 0.3) is 0 Å². The van der Waals surface area contributed by atoms with Crippen LogP contribution in [0.3, 0.4) is 0 Å². The van der Waals surface area contributed by atoms with E-state index in [1.54, 1.807) is 32.9 Å². The summed E-state index contributed by atoms with van der Waals surface area (Å²) in [4.78, 5) is 1.25. The summed E-state index contributed by atoms with van der Waals surface area (Å²) < 4.78 is 43.1. The van der Waals surface area contributed by atoms with Gasteiger partial charge in [0.1, 0.15) is 12.3 Å². The molecule has 6 heteroatoms. The second-order valence-corrected chi connectivity index (χ2v) is 4.53. The van der Waals surface area contributed by atoms with Crippen molar-refractivity contribution in [2.24, 2.45) is 0 Å². The minimum Gasteiger partial charge on any atom is -0.494 e. The van der Waals surface area contributed by atoms with Gasteiger partial charge in [0.05, 0.1) is 6.61 Å². The van der Waals surface area contributed by atoms with Crippen molar-refractivity contribution >= 4 is 11.4 Å². The highest BCUT2D eigenvalue weighted by atomic mass is 19.4. The Hall–Kier alpha value is -1.59. The van der Waals surface area contributed by atoms with Gasteiger partial charge < -0.3 is 15.4 Å². The Morgan fingerprint density at radius 3 is 2.37 bits per heavy atom. The topological polar surface area (TPSA) is 38.5 Å². The van der Waals surface area contributed by atoms with E-state index in [1.807, 2.05) is 0 Å². The van der Waals surface area contributed by atoms with Crippen LogP contribution in [0.4, 0.5) is 24.5 Å². The molecule has 0 saturated carbocycles. The maximum absolute atomic E-state index is 12.6. The van der Waals surface area contributed by atoms with E-state index in [0.29, 0.717) is 23.7 Å². The molecule has 0 aliphatic carbocycles. The van der Waals surface area contributed by atoms with Crippen LogP contribution in [-0.4, -0.2) is 25.4 Å². The third-order valence-electron chi connectivity index (χ3n) is 2.53. The van der Waals surface area contributed by atoms with Crippen LogP contribution in [-0.2, 0) is 0 Å². The second-order valence-electron chi connectivity index (χ2n) is 4.53. The first kappa shape index (κ1) is 15.5. The van der Waals surface area contributed by atoms with Crippen molar-refractivity contribution in [1.29, 1.82) is 0 Å². The molecule has 0 aromatic heterocycles. The lowest BCUT2D eigenvalue weighted by molar-refractivity contribution is -0.120. The van der Waals surface area contributed by atoms with Crippen LogP contribution in [0.25, 0.3) is 0 Å². The van der Waals surface area contributed by atoms with E-state index in [4.69, 9.17) is 10.5 Å². The molecule has 0 saturated heterocycles. The number of hydrogen-bond donors (Lipinski definition) is 1. The number of nitrogens with two attached hydrogens (primary N) is 1. The average Bonchev–Trinajstić information content (AvgIpc) is 2.24. The van der Waals surface area contributed by atoms with Crippen molar-refractivity contribution in [2.45, 2.75) is 33.0 Å². The molecular formula is C13H19F3N2O. The lowest BCUT2D eigenvalue weighted by Gasteiger charge is -2.30. The number of alkyl halides is 3. The summed E-state index contributed by atoms with van der Waals surface area (Å²) in [7, 11) is 0. The Morgan fingerprint density at radius 1 is 1.26 bits per heavy atom. The molecule has 0 spiro atoms. The number of anilines is 2. The molecule has 108 valence electrons. The van der Waals surface area contributed by atoms with Gasteiger partial charge in [0, 0.05) is 29.5 Å². The van der Waals surface area contributed by atoms with Gasteiger partial charge in [-0.2, -0.15) is 13.2 Å². The van der Waals surface area contributed by atoms with Gasteiger partial charge in [-0.25, -0.2) is 0 Å². The molecule has 1 aromatic carbocycles. The lowest BCUT2D eigenvalue weighted by Crippen LogP contribution is -2.39. The zero-order valence-electron chi connectivity index (χ0n) is 11.3. The van der Waals surface area contributed by atoms with Gasteiger partial charge in [-0.05, 0) is 26.8 Å². The van der Waals surface area contributed by atoms with Crippen LogP contribution in [0.5, 0.6) is 5.75 Å². The summed E-state index contributed by atoms with van der Waals surface area (Å²) >= 11 is 0. The number of nitrogen functional groups attached to an aromatic ring is 1. The molecule has 3 nitrogen and oxygen atoms in total. The summed E-state index contributed by atoms with van der Waals surface area (Å²) in [6.07, 6.45) is -4.26. The first-order chi connectivity index (χ1) is 8.73. The van der Waals surface area contributed by atoms with Crippen molar-refractivity contribution < 1.29 is 17.9 Å². The fourth-order valence-electron chi connectivity index (χ4n) is 1.79. The van der Waals surface area contributed by atoms with Crippen LogP contribution < -0.4 is 15.4 Å². The zero-order chi connectivity index (χ0) is 14.6. The van der Waals surface area contributed by atoms with Crippen LogP contribution >= 0.6 is 0 Å². The van der Waals surface area contributed by atoms with Crippen molar-refractivity contribution in [3.8, 4) is 5.75 Å². The van der Waals surface area contributed by atoms with Crippen LogP contribution in [0.15, 0.2) is 18.2 Å². The van der Waals surface area contributed by atoms with Gasteiger partial charge in [0.2, 0.25) is 0 Å². The highest BCUT2D eigenvalue weighted by Crippen LogP contribution is 2.29. The smallest absolute Gasteiger partial charge is 0.405 e. The molecule has 0 fully saturated rings. The fourth-order valence-corrected chi connectivity index (χ4v) is 1.79. The van der Waals surface area contributed by atoms with E-state index >= 15 is 0 Å². The lowest BCUT2D eigenvalue weighted by atomic mass is 10.2. The second kappa shape index (κ2) is 6.04. The monoisotopic (exact) mass is 276 g/mol. The Morgan fingerprint density at radius 2 is 1.89 bits per heavy atom.